The molecule has 1 amide bonds. The van der Waals surface area contributed by atoms with E-state index in [0.717, 1.165) is 24.3 Å². The zero-order valence-electron chi connectivity index (χ0n) is 14.3. The van der Waals surface area contributed by atoms with Gasteiger partial charge in [-0.2, -0.15) is 13.2 Å². The number of aromatic nitrogens is 1. The highest BCUT2D eigenvalue weighted by atomic mass is 19.4. The molecule has 1 heterocycles. The molecule has 150 valence electrons. The first kappa shape index (κ1) is 20.1. The molecule has 0 atom stereocenters. The molecule has 0 saturated carbocycles. The van der Waals surface area contributed by atoms with Crippen LogP contribution in [0.2, 0.25) is 0 Å². The van der Waals surface area contributed by atoms with Crippen LogP contribution in [0.4, 0.5) is 27.6 Å². The summed E-state index contributed by atoms with van der Waals surface area (Å²) in [6, 6.07) is 6.70. The number of amides is 1. The number of alkyl halides is 3. The van der Waals surface area contributed by atoms with Gasteiger partial charge in [-0.05, 0) is 36.4 Å². The number of anilines is 1. The van der Waals surface area contributed by atoms with Crippen molar-refractivity contribution < 1.29 is 31.5 Å². The fourth-order valence-corrected chi connectivity index (χ4v) is 2.37. The molecule has 0 unspecified atom stereocenters. The van der Waals surface area contributed by atoms with Crippen LogP contribution in [0.15, 0.2) is 59.5 Å². The Hall–Kier alpha value is -3.69. The lowest BCUT2D eigenvalue weighted by Gasteiger charge is -2.15. The van der Waals surface area contributed by atoms with Crippen LogP contribution >= 0.6 is 0 Å². The topological polar surface area (TPSA) is 71.2 Å². The van der Waals surface area contributed by atoms with Crippen LogP contribution in [0.25, 0.3) is 0 Å². The van der Waals surface area contributed by atoms with Crippen molar-refractivity contribution in [1.82, 2.24) is 4.98 Å². The molecule has 0 fully saturated rings. The lowest BCUT2D eigenvalue weighted by molar-refractivity contribution is -0.137. The number of benzene rings is 2. The van der Waals surface area contributed by atoms with Gasteiger partial charge in [0.05, 0.1) is 11.1 Å². The number of aromatic amines is 1. The van der Waals surface area contributed by atoms with E-state index in [1.54, 1.807) is 0 Å². The third kappa shape index (κ3) is 4.78. The molecule has 1 aromatic heterocycles. The Labute approximate surface area is 159 Å². The number of pyridine rings is 1. The summed E-state index contributed by atoms with van der Waals surface area (Å²) in [5, 5.41) is 2.27. The van der Waals surface area contributed by atoms with Gasteiger partial charge < -0.3 is 15.0 Å². The quantitative estimate of drug-likeness (QED) is 0.612. The van der Waals surface area contributed by atoms with Crippen molar-refractivity contribution in [3.8, 4) is 11.5 Å². The molecule has 0 spiro atoms. The fourth-order valence-electron chi connectivity index (χ4n) is 2.37. The first-order valence-corrected chi connectivity index (χ1v) is 7.98. The molecule has 3 aromatic rings. The maximum atomic E-state index is 13.8. The third-order valence-electron chi connectivity index (χ3n) is 3.70. The molecule has 5 nitrogen and oxygen atoms in total. The Balaban J connectivity index is 2.01. The molecule has 0 saturated heterocycles. The number of nitrogens with one attached hydrogen (secondary N) is 2. The summed E-state index contributed by atoms with van der Waals surface area (Å²) >= 11 is 0. The van der Waals surface area contributed by atoms with Gasteiger partial charge in [-0.25, -0.2) is 8.78 Å². The molecule has 0 aliphatic rings. The Kier molecular flexibility index (Phi) is 5.35. The smallest absolute Gasteiger partial charge is 0.416 e. The van der Waals surface area contributed by atoms with Crippen LogP contribution in [0.3, 0.4) is 0 Å². The normalized spacial score (nSPS) is 11.2. The summed E-state index contributed by atoms with van der Waals surface area (Å²) in [5.74, 6) is -3.90. The number of hydrogen-bond donors (Lipinski definition) is 2. The van der Waals surface area contributed by atoms with Gasteiger partial charge in [-0.3, -0.25) is 9.59 Å². The van der Waals surface area contributed by atoms with Crippen LogP contribution in [-0.2, 0) is 6.18 Å². The highest BCUT2D eigenvalue weighted by Gasteiger charge is 2.32. The van der Waals surface area contributed by atoms with Gasteiger partial charge in [0.1, 0.15) is 11.6 Å². The van der Waals surface area contributed by atoms with Crippen LogP contribution in [0.1, 0.15) is 15.9 Å². The van der Waals surface area contributed by atoms with Crippen molar-refractivity contribution in [3.63, 3.8) is 0 Å². The van der Waals surface area contributed by atoms with Crippen molar-refractivity contribution in [1.29, 1.82) is 0 Å². The third-order valence-corrected chi connectivity index (χ3v) is 3.70. The molecule has 0 aliphatic carbocycles. The first-order valence-electron chi connectivity index (χ1n) is 7.98. The molecular formula is C19H11F5N2O3. The number of halogens is 5. The average Bonchev–Trinajstić information content (AvgIpc) is 2.63. The van der Waals surface area contributed by atoms with Crippen LogP contribution < -0.4 is 15.6 Å². The van der Waals surface area contributed by atoms with Crippen molar-refractivity contribution >= 4 is 11.6 Å². The average molecular weight is 410 g/mol. The van der Waals surface area contributed by atoms with E-state index in [1.807, 2.05) is 0 Å². The minimum Gasteiger partial charge on any atom is -0.453 e. The van der Waals surface area contributed by atoms with Gasteiger partial charge in [-0.15, -0.1) is 0 Å². The van der Waals surface area contributed by atoms with Crippen molar-refractivity contribution in [2.24, 2.45) is 0 Å². The van der Waals surface area contributed by atoms with E-state index in [9.17, 15) is 31.5 Å². The summed E-state index contributed by atoms with van der Waals surface area (Å²) in [7, 11) is 0. The Bertz CT molecular complexity index is 1130. The lowest BCUT2D eigenvalue weighted by atomic mass is 10.1. The Morgan fingerprint density at radius 2 is 1.69 bits per heavy atom. The van der Waals surface area contributed by atoms with Crippen LogP contribution in [0.5, 0.6) is 11.5 Å². The zero-order chi connectivity index (χ0) is 21.2. The van der Waals surface area contributed by atoms with E-state index in [2.05, 4.69) is 10.3 Å². The Morgan fingerprint density at radius 1 is 0.966 bits per heavy atom. The second-order valence-electron chi connectivity index (χ2n) is 5.78. The van der Waals surface area contributed by atoms with Crippen molar-refractivity contribution in [2.75, 3.05) is 5.32 Å². The number of hydrogen-bond acceptors (Lipinski definition) is 3. The lowest BCUT2D eigenvalue weighted by Crippen LogP contribution is -2.16. The summed E-state index contributed by atoms with van der Waals surface area (Å²) in [6.07, 6.45) is -3.52. The summed E-state index contributed by atoms with van der Waals surface area (Å²) < 4.78 is 71.3. The molecular weight excluding hydrogens is 399 g/mol. The highest BCUT2D eigenvalue weighted by molar-refractivity contribution is 6.06. The highest BCUT2D eigenvalue weighted by Crippen LogP contribution is 2.35. The Morgan fingerprint density at radius 3 is 2.34 bits per heavy atom. The molecule has 0 bridgehead atoms. The summed E-state index contributed by atoms with van der Waals surface area (Å²) in [5.41, 5.74) is -2.23. The minimum atomic E-state index is -4.75. The summed E-state index contributed by atoms with van der Waals surface area (Å²) in [4.78, 5) is 26.2. The van der Waals surface area contributed by atoms with Gasteiger partial charge >= 0.3 is 6.18 Å². The molecule has 0 radical (unpaired) electrons. The van der Waals surface area contributed by atoms with Gasteiger partial charge in [0.25, 0.3) is 5.91 Å². The molecule has 10 heteroatoms. The van der Waals surface area contributed by atoms with Gasteiger partial charge in [0.2, 0.25) is 5.56 Å². The molecule has 3 rings (SSSR count). The van der Waals surface area contributed by atoms with E-state index in [4.69, 9.17) is 4.74 Å². The summed E-state index contributed by atoms with van der Waals surface area (Å²) in [6.45, 7) is 0. The van der Waals surface area contributed by atoms with Gasteiger partial charge in [-0.1, -0.05) is 0 Å². The van der Waals surface area contributed by atoms with E-state index in [1.165, 1.54) is 12.3 Å². The van der Waals surface area contributed by atoms with E-state index in [0.29, 0.717) is 18.2 Å². The predicted octanol–water partition coefficient (Wildman–Crippen LogP) is 4.72. The zero-order valence-corrected chi connectivity index (χ0v) is 14.3. The first-order chi connectivity index (χ1) is 13.6. The standard InChI is InChI=1S/C19H11F5N2O3/c20-11-2-4-16(14(21)8-11)29-15-3-1-10(19(22,23)24)7-13(15)18(28)26-12-5-6-25-17(27)9-12/h1-9H,(H2,25,26,27,28). The molecule has 29 heavy (non-hydrogen) atoms. The maximum Gasteiger partial charge on any atom is 0.416 e. The second kappa shape index (κ2) is 7.74. The maximum absolute atomic E-state index is 13.8. The second-order valence-corrected chi connectivity index (χ2v) is 5.78. The minimum absolute atomic E-state index is 0.0232. The number of carbonyl (C=O) groups excluding carboxylic acids is 1. The van der Waals surface area contributed by atoms with Gasteiger partial charge in [0, 0.05) is 24.0 Å². The number of H-pyrrole nitrogens is 1. The van der Waals surface area contributed by atoms with Gasteiger partial charge in [0.15, 0.2) is 11.6 Å². The number of ether oxygens (including phenoxy) is 1. The molecule has 2 aromatic carbocycles. The van der Waals surface area contributed by atoms with E-state index in [-0.39, 0.29) is 5.69 Å². The largest absolute Gasteiger partial charge is 0.453 e. The van der Waals surface area contributed by atoms with E-state index < -0.39 is 51.9 Å². The number of rotatable bonds is 4. The molecule has 2 N–H and O–H groups in total. The predicted molar refractivity (Wildman–Crippen MR) is 92.9 cm³/mol. The van der Waals surface area contributed by atoms with Crippen molar-refractivity contribution in [2.45, 2.75) is 6.18 Å². The number of carbonyl (C=O) groups is 1. The molecule has 0 aliphatic heterocycles. The monoisotopic (exact) mass is 410 g/mol. The fraction of sp³-hybridized carbons (Fsp3) is 0.0526. The van der Waals surface area contributed by atoms with E-state index >= 15 is 0 Å². The van der Waals surface area contributed by atoms with Crippen molar-refractivity contribution in [3.05, 3.63) is 87.8 Å². The van der Waals surface area contributed by atoms with Crippen LogP contribution in [0, 0.1) is 11.6 Å². The van der Waals surface area contributed by atoms with Crippen LogP contribution in [-0.4, -0.2) is 10.9 Å². The SMILES string of the molecule is O=C(Nc1cc[nH]c(=O)c1)c1cc(C(F)(F)F)ccc1Oc1ccc(F)cc1F.